The van der Waals surface area contributed by atoms with Crippen LogP contribution in [-0.2, 0) is 11.8 Å². The summed E-state index contributed by atoms with van der Waals surface area (Å²) < 4.78 is 4.09. The molecule has 3 nitrogen and oxygen atoms in total. The Morgan fingerprint density at radius 1 is 1.20 bits per heavy atom. The zero-order valence-corrected chi connectivity index (χ0v) is 13.7. The third-order valence-electron chi connectivity index (χ3n) is 3.59. The van der Waals surface area contributed by atoms with Crippen LogP contribution in [0, 0.1) is 13.8 Å². The second-order valence-electron chi connectivity index (χ2n) is 6.47. The van der Waals surface area contributed by atoms with Gasteiger partial charge in [0.25, 0.3) is 0 Å². The van der Waals surface area contributed by atoms with Crippen LogP contribution in [0.3, 0.4) is 0 Å². The molecule has 0 amide bonds. The highest BCUT2D eigenvalue weighted by Gasteiger charge is 2.25. The van der Waals surface area contributed by atoms with Gasteiger partial charge in [0.15, 0.2) is 0 Å². The van der Waals surface area contributed by atoms with Gasteiger partial charge in [-0.3, -0.25) is 0 Å². The minimum absolute atomic E-state index is 0.0108. The van der Waals surface area contributed by atoms with Crippen molar-refractivity contribution in [1.29, 1.82) is 0 Å². The van der Waals surface area contributed by atoms with E-state index in [0.29, 0.717) is 0 Å². The average Bonchev–Trinajstić information content (AvgIpc) is 2.83. The molecule has 0 aliphatic rings. The summed E-state index contributed by atoms with van der Waals surface area (Å²) in [6.45, 7) is 10.7. The Bertz CT molecular complexity index is 596. The molecule has 1 atom stereocenters. The number of nitrogens with zero attached hydrogens (tertiary/aromatic N) is 2. The van der Waals surface area contributed by atoms with Crippen LogP contribution in [-0.4, -0.2) is 9.59 Å². The molecule has 0 fully saturated rings. The van der Waals surface area contributed by atoms with Gasteiger partial charge in [-0.05, 0) is 48.5 Å². The van der Waals surface area contributed by atoms with Crippen LogP contribution >= 0.6 is 11.5 Å². The number of rotatable bonds is 3. The molecule has 2 aromatic rings. The largest absolute Gasteiger partial charge is 0.323 e. The van der Waals surface area contributed by atoms with Crippen molar-refractivity contribution >= 4 is 11.5 Å². The summed E-state index contributed by atoms with van der Waals surface area (Å²) in [6, 6.07) is 6.51. The van der Waals surface area contributed by atoms with E-state index in [-0.39, 0.29) is 11.5 Å². The van der Waals surface area contributed by atoms with E-state index in [0.717, 1.165) is 17.0 Å². The molecule has 2 N–H and O–H groups in total. The van der Waals surface area contributed by atoms with E-state index in [4.69, 9.17) is 5.73 Å². The summed E-state index contributed by atoms with van der Waals surface area (Å²) >= 11 is 1.43. The van der Waals surface area contributed by atoms with Crippen molar-refractivity contribution < 1.29 is 0 Å². The first kappa shape index (κ1) is 15.1. The highest BCUT2D eigenvalue weighted by atomic mass is 32.1. The van der Waals surface area contributed by atoms with Crippen LogP contribution < -0.4 is 5.73 Å². The van der Waals surface area contributed by atoms with Crippen LogP contribution in [0.25, 0.3) is 0 Å². The SMILES string of the molecule is Cc1ccc(CC(N)c2snnc2C(C)(C)C)cc1C. The Kier molecular flexibility index (Phi) is 4.25. The summed E-state index contributed by atoms with van der Waals surface area (Å²) in [6.07, 6.45) is 0.827. The van der Waals surface area contributed by atoms with E-state index >= 15 is 0 Å². The van der Waals surface area contributed by atoms with Gasteiger partial charge in [0.2, 0.25) is 0 Å². The highest BCUT2D eigenvalue weighted by Crippen LogP contribution is 2.30. The molecule has 1 unspecified atom stereocenters. The predicted molar refractivity (Wildman–Crippen MR) is 85.2 cm³/mol. The molecule has 108 valence electrons. The van der Waals surface area contributed by atoms with Crippen molar-refractivity contribution in [3.8, 4) is 0 Å². The Balaban J connectivity index is 2.22. The van der Waals surface area contributed by atoms with Crippen LogP contribution in [0.1, 0.15) is 54.1 Å². The zero-order valence-electron chi connectivity index (χ0n) is 12.9. The monoisotopic (exact) mass is 289 g/mol. The molecule has 1 heterocycles. The number of hydrogen-bond donors (Lipinski definition) is 1. The minimum atomic E-state index is -0.0358. The van der Waals surface area contributed by atoms with E-state index in [9.17, 15) is 0 Å². The summed E-state index contributed by atoms with van der Waals surface area (Å²) in [5.74, 6) is 0. The maximum Gasteiger partial charge on any atom is 0.0857 e. The fourth-order valence-corrected chi connectivity index (χ4v) is 3.10. The third-order valence-corrected chi connectivity index (χ3v) is 4.44. The fraction of sp³-hybridized carbons (Fsp3) is 0.500. The predicted octanol–water partition coefficient (Wildman–Crippen LogP) is 3.69. The second-order valence-corrected chi connectivity index (χ2v) is 7.25. The standard InChI is InChI=1S/C16H23N3S/c1-10-6-7-12(8-11(10)2)9-13(17)14-15(16(3,4)5)18-19-20-14/h6-8,13H,9,17H2,1-5H3. The van der Waals surface area contributed by atoms with Gasteiger partial charge in [0, 0.05) is 11.5 Å². The lowest BCUT2D eigenvalue weighted by Crippen LogP contribution is -2.20. The maximum absolute atomic E-state index is 6.39. The van der Waals surface area contributed by atoms with Crippen LogP contribution in [0.2, 0.25) is 0 Å². The first-order chi connectivity index (χ1) is 9.29. The molecule has 20 heavy (non-hydrogen) atoms. The number of nitrogens with two attached hydrogens (primary N) is 1. The molecule has 4 heteroatoms. The Morgan fingerprint density at radius 2 is 1.90 bits per heavy atom. The van der Waals surface area contributed by atoms with Gasteiger partial charge in [-0.15, -0.1) is 5.10 Å². The zero-order chi connectivity index (χ0) is 14.9. The molecular weight excluding hydrogens is 266 g/mol. The lowest BCUT2D eigenvalue weighted by Gasteiger charge is -2.19. The van der Waals surface area contributed by atoms with Crippen molar-refractivity contribution in [2.75, 3.05) is 0 Å². The van der Waals surface area contributed by atoms with Gasteiger partial charge in [-0.1, -0.05) is 43.5 Å². The summed E-state index contributed by atoms with van der Waals surface area (Å²) in [5, 5.41) is 4.27. The van der Waals surface area contributed by atoms with Crippen molar-refractivity contribution in [1.82, 2.24) is 9.59 Å². The van der Waals surface area contributed by atoms with Gasteiger partial charge in [0.1, 0.15) is 0 Å². The molecule has 0 aliphatic carbocycles. The first-order valence-corrected chi connectivity index (χ1v) is 7.71. The summed E-state index contributed by atoms with van der Waals surface area (Å²) in [7, 11) is 0. The molecule has 0 radical (unpaired) electrons. The molecule has 2 rings (SSSR count). The molecular formula is C16H23N3S. The topological polar surface area (TPSA) is 51.8 Å². The number of hydrogen-bond acceptors (Lipinski definition) is 4. The molecule has 0 saturated heterocycles. The Hall–Kier alpha value is -1.26. The van der Waals surface area contributed by atoms with Gasteiger partial charge in [-0.2, -0.15) is 0 Å². The lowest BCUT2D eigenvalue weighted by molar-refractivity contribution is 0.550. The summed E-state index contributed by atoms with van der Waals surface area (Å²) in [5.41, 5.74) is 11.3. The Labute approximate surface area is 125 Å². The van der Waals surface area contributed by atoms with Gasteiger partial charge in [0.05, 0.1) is 10.6 Å². The lowest BCUT2D eigenvalue weighted by atomic mass is 9.89. The van der Waals surface area contributed by atoms with Gasteiger partial charge < -0.3 is 5.73 Å². The van der Waals surface area contributed by atoms with Crippen LogP contribution in [0.15, 0.2) is 18.2 Å². The number of aryl methyl sites for hydroxylation is 2. The van der Waals surface area contributed by atoms with Crippen LogP contribution in [0.5, 0.6) is 0 Å². The Morgan fingerprint density at radius 3 is 2.50 bits per heavy atom. The van der Waals surface area contributed by atoms with E-state index in [1.807, 2.05) is 0 Å². The van der Waals surface area contributed by atoms with E-state index in [1.54, 1.807) is 0 Å². The van der Waals surface area contributed by atoms with E-state index in [1.165, 1.54) is 28.2 Å². The highest BCUT2D eigenvalue weighted by molar-refractivity contribution is 7.05. The normalized spacial score (nSPS) is 13.5. The third kappa shape index (κ3) is 3.25. The average molecular weight is 289 g/mol. The fourth-order valence-electron chi connectivity index (χ4n) is 2.24. The minimum Gasteiger partial charge on any atom is -0.323 e. The quantitative estimate of drug-likeness (QED) is 0.937. The van der Waals surface area contributed by atoms with Crippen LogP contribution in [0.4, 0.5) is 0 Å². The molecule has 0 spiro atoms. The molecule has 1 aromatic carbocycles. The van der Waals surface area contributed by atoms with Crippen molar-refractivity contribution in [3.05, 3.63) is 45.5 Å². The first-order valence-electron chi connectivity index (χ1n) is 6.93. The molecule has 0 bridgehead atoms. The number of aromatic nitrogens is 2. The van der Waals surface area contributed by atoms with Crippen molar-refractivity contribution in [2.24, 2.45) is 5.73 Å². The maximum atomic E-state index is 6.39. The smallest absolute Gasteiger partial charge is 0.0857 e. The van der Waals surface area contributed by atoms with Crippen molar-refractivity contribution in [2.45, 2.75) is 52.5 Å². The van der Waals surface area contributed by atoms with Gasteiger partial charge >= 0.3 is 0 Å². The second kappa shape index (κ2) is 5.62. The number of benzene rings is 1. The van der Waals surface area contributed by atoms with E-state index < -0.39 is 0 Å². The summed E-state index contributed by atoms with van der Waals surface area (Å²) in [4.78, 5) is 1.11. The molecule has 0 saturated carbocycles. The molecule has 0 aliphatic heterocycles. The van der Waals surface area contributed by atoms with E-state index in [2.05, 4.69) is 62.4 Å². The molecule has 1 aromatic heterocycles. The van der Waals surface area contributed by atoms with Crippen molar-refractivity contribution in [3.63, 3.8) is 0 Å². The van der Waals surface area contributed by atoms with Gasteiger partial charge in [-0.25, -0.2) is 0 Å².